The van der Waals surface area contributed by atoms with Crippen LogP contribution in [0.1, 0.15) is 19.4 Å². The standard InChI is InChI=1S/C9H12N2O.C2H6/c1-11-9(12-2)7-3-5-8(10)6-4-7;1-2/h3-6H,10H2,1-2H3;1-2H3. The van der Waals surface area contributed by atoms with E-state index in [2.05, 4.69) is 4.99 Å². The lowest BCUT2D eigenvalue weighted by atomic mass is 10.2. The summed E-state index contributed by atoms with van der Waals surface area (Å²) >= 11 is 0. The fraction of sp³-hybridized carbons (Fsp3) is 0.364. The molecule has 78 valence electrons. The predicted molar refractivity (Wildman–Crippen MR) is 61.7 cm³/mol. The molecule has 3 nitrogen and oxygen atoms in total. The highest BCUT2D eigenvalue weighted by Gasteiger charge is 1.99. The van der Waals surface area contributed by atoms with E-state index in [0.29, 0.717) is 5.90 Å². The van der Waals surface area contributed by atoms with Crippen LogP contribution in [-0.2, 0) is 4.74 Å². The molecule has 0 amide bonds. The van der Waals surface area contributed by atoms with Crippen LogP contribution in [0, 0.1) is 0 Å². The molecule has 0 aromatic heterocycles. The van der Waals surface area contributed by atoms with E-state index < -0.39 is 0 Å². The van der Waals surface area contributed by atoms with Gasteiger partial charge in [0.05, 0.1) is 7.11 Å². The van der Waals surface area contributed by atoms with Gasteiger partial charge in [-0.2, -0.15) is 0 Å². The topological polar surface area (TPSA) is 47.6 Å². The van der Waals surface area contributed by atoms with E-state index in [1.165, 1.54) is 0 Å². The zero-order valence-corrected chi connectivity index (χ0v) is 9.24. The van der Waals surface area contributed by atoms with Crippen LogP contribution in [0.2, 0.25) is 0 Å². The van der Waals surface area contributed by atoms with Crippen LogP contribution in [0.25, 0.3) is 0 Å². The molecule has 0 saturated heterocycles. The molecule has 2 N–H and O–H groups in total. The fourth-order valence-electron chi connectivity index (χ4n) is 0.964. The first-order valence-corrected chi connectivity index (χ1v) is 4.64. The molecular formula is C11H18N2O. The summed E-state index contributed by atoms with van der Waals surface area (Å²) in [4.78, 5) is 3.96. The van der Waals surface area contributed by atoms with E-state index in [0.717, 1.165) is 11.3 Å². The summed E-state index contributed by atoms with van der Waals surface area (Å²) in [5.41, 5.74) is 7.21. The molecule has 0 atom stereocenters. The van der Waals surface area contributed by atoms with Crippen LogP contribution in [0.3, 0.4) is 0 Å². The number of rotatable bonds is 1. The van der Waals surface area contributed by atoms with Gasteiger partial charge in [-0.25, -0.2) is 0 Å². The first-order valence-electron chi connectivity index (χ1n) is 4.64. The van der Waals surface area contributed by atoms with Crippen molar-refractivity contribution in [3.63, 3.8) is 0 Å². The van der Waals surface area contributed by atoms with Crippen LogP contribution in [0.15, 0.2) is 29.3 Å². The van der Waals surface area contributed by atoms with Crippen LogP contribution >= 0.6 is 0 Å². The first-order chi connectivity index (χ1) is 6.77. The molecule has 3 heteroatoms. The Morgan fingerprint density at radius 1 is 1.21 bits per heavy atom. The monoisotopic (exact) mass is 194 g/mol. The molecule has 0 heterocycles. The van der Waals surface area contributed by atoms with Crippen molar-refractivity contribution in [1.29, 1.82) is 0 Å². The quantitative estimate of drug-likeness (QED) is 0.423. The van der Waals surface area contributed by atoms with Gasteiger partial charge in [0.15, 0.2) is 0 Å². The van der Waals surface area contributed by atoms with E-state index >= 15 is 0 Å². The lowest BCUT2D eigenvalue weighted by molar-refractivity contribution is 0.404. The molecule has 0 saturated carbocycles. The molecule has 1 rings (SSSR count). The van der Waals surface area contributed by atoms with Gasteiger partial charge >= 0.3 is 0 Å². The number of methoxy groups -OCH3 is 1. The van der Waals surface area contributed by atoms with Gasteiger partial charge in [-0.05, 0) is 24.3 Å². The van der Waals surface area contributed by atoms with E-state index in [4.69, 9.17) is 10.5 Å². The normalized spacial score (nSPS) is 10.1. The number of hydrogen-bond acceptors (Lipinski definition) is 3. The average Bonchev–Trinajstić information content (AvgIpc) is 2.25. The second-order valence-electron chi connectivity index (χ2n) is 2.35. The van der Waals surface area contributed by atoms with Crippen molar-refractivity contribution in [2.45, 2.75) is 13.8 Å². The molecule has 0 spiro atoms. The maximum atomic E-state index is 5.53. The smallest absolute Gasteiger partial charge is 0.215 e. The molecule has 0 aliphatic heterocycles. The number of hydrogen-bond donors (Lipinski definition) is 1. The van der Waals surface area contributed by atoms with Crippen molar-refractivity contribution in [2.24, 2.45) is 4.99 Å². The van der Waals surface area contributed by atoms with Gasteiger partial charge in [-0.3, -0.25) is 4.99 Å². The molecule has 0 fully saturated rings. The summed E-state index contributed by atoms with van der Waals surface area (Å²) in [5, 5.41) is 0. The summed E-state index contributed by atoms with van der Waals surface area (Å²) in [6, 6.07) is 7.39. The fourth-order valence-corrected chi connectivity index (χ4v) is 0.964. The maximum Gasteiger partial charge on any atom is 0.215 e. The number of anilines is 1. The SMILES string of the molecule is CC.CN=C(OC)c1ccc(N)cc1. The lowest BCUT2D eigenvalue weighted by Gasteiger charge is -2.03. The minimum absolute atomic E-state index is 0.620. The summed E-state index contributed by atoms with van der Waals surface area (Å²) in [6.45, 7) is 4.00. The number of benzene rings is 1. The number of nitrogens with zero attached hydrogens (tertiary/aromatic N) is 1. The van der Waals surface area contributed by atoms with E-state index in [1.54, 1.807) is 14.2 Å². The zero-order chi connectivity index (χ0) is 11.0. The minimum Gasteiger partial charge on any atom is -0.481 e. The van der Waals surface area contributed by atoms with Crippen molar-refractivity contribution in [2.75, 3.05) is 19.9 Å². The van der Waals surface area contributed by atoms with Crippen molar-refractivity contribution in [3.8, 4) is 0 Å². The Hall–Kier alpha value is -1.51. The first kappa shape index (κ1) is 12.5. The Balaban J connectivity index is 0.000000791. The van der Waals surface area contributed by atoms with Gasteiger partial charge in [-0.15, -0.1) is 0 Å². The molecule has 1 aromatic carbocycles. The highest BCUT2D eigenvalue weighted by atomic mass is 16.5. The number of aliphatic imine (C=N–C) groups is 1. The van der Waals surface area contributed by atoms with Crippen LogP contribution in [-0.4, -0.2) is 20.1 Å². The third kappa shape index (κ3) is 3.47. The molecule has 0 aliphatic rings. The van der Waals surface area contributed by atoms with Gasteiger partial charge in [0.2, 0.25) is 5.90 Å². The Bertz CT molecular complexity index is 278. The molecule has 0 radical (unpaired) electrons. The van der Waals surface area contributed by atoms with Gasteiger partial charge in [-0.1, -0.05) is 13.8 Å². The highest BCUT2D eigenvalue weighted by molar-refractivity contribution is 5.94. The number of nitrogen functional groups attached to an aromatic ring is 1. The van der Waals surface area contributed by atoms with Crippen molar-refractivity contribution >= 4 is 11.6 Å². The third-order valence-corrected chi connectivity index (χ3v) is 1.55. The minimum atomic E-state index is 0.620. The second-order valence-corrected chi connectivity index (χ2v) is 2.35. The van der Waals surface area contributed by atoms with Gasteiger partial charge in [0, 0.05) is 18.3 Å². The third-order valence-electron chi connectivity index (χ3n) is 1.55. The Labute approximate surface area is 85.6 Å². The molecule has 1 aromatic rings. The summed E-state index contributed by atoms with van der Waals surface area (Å²) < 4.78 is 5.03. The zero-order valence-electron chi connectivity index (χ0n) is 9.24. The van der Waals surface area contributed by atoms with Crippen LogP contribution < -0.4 is 5.73 Å². The van der Waals surface area contributed by atoms with Crippen LogP contribution in [0.5, 0.6) is 0 Å². The Kier molecular flexibility index (Phi) is 6.20. The molecule has 0 unspecified atom stereocenters. The summed E-state index contributed by atoms with van der Waals surface area (Å²) in [5.74, 6) is 0.620. The molecule has 0 aliphatic carbocycles. The highest BCUT2D eigenvalue weighted by Crippen LogP contribution is 2.06. The number of ether oxygens (including phenoxy) is 1. The van der Waals surface area contributed by atoms with Gasteiger partial charge in [0.25, 0.3) is 0 Å². The van der Waals surface area contributed by atoms with E-state index in [9.17, 15) is 0 Å². The summed E-state index contributed by atoms with van der Waals surface area (Å²) in [6.07, 6.45) is 0. The van der Waals surface area contributed by atoms with Crippen molar-refractivity contribution in [3.05, 3.63) is 29.8 Å². The van der Waals surface area contributed by atoms with Crippen molar-refractivity contribution < 1.29 is 4.74 Å². The average molecular weight is 194 g/mol. The molecular weight excluding hydrogens is 176 g/mol. The van der Waals surface area contributed by atoms with Crippen molar-refractivity contribution in [1.82, 2.24) is 0 Å². The van der Waals surface area contributed by atoms with Crippen LogP contribution in [0.4, 0.5) is 5.69 Å². The van der Waals surface area contributed by atoms with Gasteiger partial charge < -0.3 is 10.5 Å². The Morgan fingerprint density at radius 3 is 2.07 bits per heavy atom. The second kappa shape index (κ2) is 6.95. The number of nitrogens with two attached hydrogens (primary N) is 1. The largest absolute Gasteiger partial charge is 0.481 e. The molecule has 14 heavy (non-hydrogen) atoms. The molecule has 0 bridgehead atoms. The summed E-state index contributed by atoms with van der Waals surface area (Å²) in [7, 11) is 3.29. The van der Waals surface area contributed by atoms with Gasteiger partial charge in [0.1, 0.15) is 0 Å². The lowest BCUT2D eigenvalue weighted by Crippen LogP contribution is -2.02. The van der Waals surface area contributed by atoms with E-state index in [1.807, 2.05) is 38.1 Å². The van der Waals surface area contributed by atoms with E-state index in [-0.39, 0.29) is 0 Å². The maximum absolute atomic E-state index is 5.53. The Morgan fingerprint density at radius 2 is 1.71 bits per heavy atom. The predicted octanol–water partition coefficient (Wildman–Crippen LogP) is 2.32.